The number of esters is 1. The molecule has 0 bridgehead atoms. The van der Waals surface area contributed by atoms with Gasteiger partial charge in [0.15, 0.2) is 0 Å². The van der Waals surface area contributed by atoms with Crippen molar-refractivity contribution in [2.24, 2.45) is 5.73 Å². The number of nitrogens with one attached hydrogen (secondary N) is 2. The molecule has 9 heteroatoms. The zero-order chi connectivity index (χ0) is 23.2. The Morgan fingerprint density at radius 2 is 1.84 bits per heavy atom. The Morgan fingerprint density at radius 3 is 2.29 bits per heavy atom. The number of halogens is 2. The van der Waals surface area contributed by atoms with Gasteiger partial charge in [-0.15, -0.1) is 6.42 Å². The van der Waals surface area contributed by atoms with Gasteiger partial charge in [0, 0.05) is 39.4 Å². The summed E-state index contributed by atoms with van der Waals surface area (Å²) in [5, 5.41) is 8.27. The van der Waals surface area contributed by atoms with Gasteiger partial charge in [0.25, 0.3) is 5.56 Å². The van der Waals surface area contributed by atoms with Gasteiger partial charge in [-0.2, -0.15) is 0 Å². The maximum Gasteiger partial charge on any atom is 0.384 e. The number of hydrogen-bond donors (Lipinski definition) is 3. The Morgan fingerprint density at radius 1 is 1.19 bits per heavy atom. The smallest absolute Gasteiger partial charge is 0.384 e. The normalized spacial score (nSPS) is 9.10. The van der Waals surface area contributed by atoms with E-state index in [1.807, 2.05) is 12.1 Å². The predicted molar refractivity (Wildman–Crippen MR) is 123 cm³/mol. The molecule has 0 saturated carbocycles. The van der Waals surface area contributed by atoms with Crippen LogP contribution in [0.3, 0.4) is 0 Å². The van der Waals surface area contributed by atoms with Gasteiger partial charge < -0.3 is 15.5 Å². The highest BCUT2D eigenvalue weighted by Crippen LogP contribution is 2.17. The summed E-state index contributed by atoms with van der Waals surface area (Å²) in [4.78, 5) is 27.6. The van der Waals surface area contributed by atoms with Gasteiger partial charge >= 0.3 is 5.97 Å². The zero-order valence-electron chi connectivity index (χ0n) is 16.6. The second kappa shape index (κ2) is 13.6. The fourth-order valence-corrected chi connectivity index (χ4v) is 2.36. The number of amidine groups is 1. The molecule has 0 saturated heterocycles. The number of benzene rings is 2. The molecule has 31 heavy (non-hydrogen) atoms. The van der Waals surface area contributed by atoms with E-state index in [0.29, 0.717) is 28.0 Å². The van der Waals surface area contributed by atoms with E-state index in [9.17, 15) is 9.59 Å². The van der Waals surface area contributed by atoms with Crippen molar-refractivity contribution in [3.63, 3.8) is 0 Å². The number of hydrogen-bond acceptors (Lipinski definition) is 5. The zero-order valence-corrected chi connectivity index (χ0v) is 18.1. The van der Waals surface area contributed by atoms with Crippen LogP contribution in [0.5, 0.6) is 0 Å². The largest absolute Gasteiger partial charge is 0.456 e. The number of carbonyl (C=O) groups excluding carboxylic acids is 1. The third-order valence-electron chi connectivity index (χ3n) is 3.30. The van der Waals surface area contributed by atoms with Crippen molar-refractivity contribution in [3.8, 4) is 23.7 Å². The molecule has 0 fully saturated rings. The standard InChI is InChI=1S/C10H7ClN2O.C7H7ClN2.C5H6O2/c11-8-3-1-2-7(6-8)10-12-5-4-9(14)13-10;8-6-3-1-2-5(4-6)7(9)10;1-3-5(6)7-4-2/h1-6H,(H,12,13,14);1-4H,(H3,9,10);1H,4H2,2H3. The van der Waals surface area contributed by atoms with E-state index in [4.69, 9.17) is 34.3 Å². The fourth-order valence-electron chi connectivity index (χ4n) is 1.98. The lowest BCUT2D eigenvalue weighted by atomic mass is 10.2. The maximum absolute atomic E-state index is 11.0. The lowest BCUT2D eigenvalue weighted by molar-refractivity contribution is -0.136. The SMILES string of the molecule is C#CC(=O)OCC.N=C(N)c1cccc(Cl)c1.O=c1ccnc(-c2cccc(Cl)c2)[nH]1. The van der Waals surface area contributed by atoms with Crippen molar-refractivity contribution in [2.75, 3.05) is 6.61 Å². The summed E-state index contributed by atoms with van der Waals surface area (Å²) < 4.78 is 4.32. The molecule has 0 atom stereocenters. The highest BCUT2D eigenvalue weighted by molar-refractivity contribution is 6.31. The molecular formula is C22H20Cl2N4O3. The van der Waals surface area contributed by atoms with Crippen molar-refractivity contribution >= 4 is 35.0 Å². The Hall–Kier alpha value is -3.60. The molecule has 0 aliphatic rings. The summed E-state index contributed by atoms with van der Waals surface area (Å²) >= 11 is 11.5. The monoisotopic (exact) mass is 458 g/mol. The van der Waals surface area contributed by atoms with Gasteiger partial charge in [0.05, 0.1) is 6.61 Å². The molecular weight excluding hydrogens is 439 g/mol. The van der Waals surface area contributed by atoms with Crippen LogP contribution in [-0.2, 0) is 9.53 Å². The van der Waals surface area contributed by atoms with E-state index < -0.39 is 5.97 Å². The molecule has 3 aromatic rings. The summed E-state index contributed by atoms with van der Waals surface area (Å²) in [6.07, 6.45) is 6.10. The minimum absolute atomic E-state index is 0.0440. The van der Waals surface area contributed by atoms with Crippen LogP contribution in [0.1, 0.15) is 12.5 Å². The van der Waals surface area contributed by atoms with Gasteiger partial charge in [0.1, 0.15) is 11.7 Å². The van der Waals surface area contributed by atoms with Crippen LogP contribution in [0.2, 0.25) is 10.0 Å². The number of nitrogens with two attached hydrogens (primary N) is 1. The van der Waals surface area contributed by atoms with Crippen molar-refractivity contribution in [3.05, 3.63) is 86.8 Å². The first-order valence-corrected chi connectivity index (χ1v) is 9.57. The molecule has 0 spiro atoms. The molecule has 7 nitrogen and oxygen atoms in total. The molecule has 1 heterocycles. The van der Waals surface area contributed by atoms with E-state index in [-0.39, 0.29) is 11.4 Å². The Labute approximate surface area is 189 Å². The highest BCUT2D eigenvalue weighted by atomic mass is 35.5. The second-order valence-corrected chi connectivity index (χ2v) is 6.45. The Kier molecular flexibility index (Phi) is 11.2. The van der Waals surface area contributed by atoms with Crippen LogP contribution in [0.15, 0.2) is 65.6 Å². The van der Waals surface area contributed by atoms with Crippen LogP contribution in [0.4, 0.5) is 0 Å². The number of carbonyl (C=O) groups is 1. The van der Waals surface area contributed by atoms with Crippen molar-refractivity contribution in [2.45, 2.75) is 6.92 Å². The highest BCUT2D eigenvalue weighted by Gasteiger charge is 1.99. The first kappa shape index (κ1) is 25.4. The number of ether oxygens (including phenoxy) is 1. The molecule has 0 unspecified atom stereocenters. The third kappa shape index (κ3) is 10.1. The molecule has 4 N–H and O–H groups in total. The van der Waals surface area contributed by atoms with E-state index >= 15 is 0 Å². The van der Waals surface area contributed by atoms with Crippen molar-refractivity contribution < 1.29 is 9.53 Å². The Bertz CT molecular complexity index is 1120. The van der Waals surface area contributed by atoms with E-state index in [1.54, 1.807) is 49.2 Å². The lowest BCUT2D eigenvalue weighted by Crippen LogP contribution is -2.10. The number of aromatic amines is 1. The van der Waals surface area contributed by atoms with E-state index in [0.717, 1.165) is 5.56 Å². The first-order chi connectivity index (χ1) is 14.8. The van der Waals surface area contributed by atoms with Crippen LogP contribution in [0.25, 0.3) is 11.4 Å². The van der Waals surface area contributed by atoms with Gasteiger partial charge in [-0.3, -0.25) is 10.2 Å². The molecule has 0 aliphatic carbocycles. The number of rotatable bonds is 3. The van der Waals surface area contributed by atoms with Crippen molar-refractivity contribution in [1.82, 2.24) is 9.97 Å². The number of nitrogen functional groups attached to an aromatic ring is 1. The average molecular weight is 459 g/mol. The second-order valence-electron chi connectivity index (χ2n) is 5.58. The molecule has 1 aromatic heterocycles. The van der Waals surface area contributed by atoms with Crippen LogP contribution >= 0.6 is 23.2 Å². The quantitative estimate of drug-likeness (QED) is 0.180. The van der Waals surface area contributed by atoms with Gasteiger partial charge in [-0.1, -0.05) is 47.5 Å². The molecule has 0 radical (unpaired) electrons. The predicted octanol–water partition coefficient (Wildman–Crippen LogP) is 3.90. The van der Waals surface area contributed by atoms with Crippen LogP contribution in [-0.4, -0.2) is 28.4 Å². The van der Waals surface area contributed by atoms with Gasteiger partial charge in [-0.05, 0) is 31.2 Å². The summed E-state index contributed by atoms with van der Waals surface area (Å²) in [6.45, 7) is 2.05. The number of nitrogens with zero attached hydrogens (tertiary/aromatic N) is 1. The number of terminal acetylenes is 1. The minimum Gasteiger partial charge on any atom is -0.456 e. The fraction of sp³-hybridized carbons (Fsp3) is 0.0909. The van der Waals surface area contributed by atoms with Gasteiger partial charge in [0.2, 0.25) is 0 Å². The average Bonchev–Trinajstić information content (AvgIpc) is 2.75. The number of H-pyrrole nitrogens is 1. The van der Waals surface area contributed by atoms with Crippen LogP contribution < -0.4 is 11.3 Å². The maximum atomic E-state index is 11.0. The minimum atomic E-state index is -0.595. The number of aromatic nitrogens is 2. The molecule has 160 valence electrons. The topological polar surface area (TPSA) is 122 Å². The first-order valence-electron chi connectivity index (χ1n) is 8.81. The third-order valence-corrected chi connectivity index (χ3v) is 3.77. The van der Waals surface area contributed by atoms with Crippen LogP contribution in [0, 0.1) is 17.8 Å². The summed E-state index contributed by atoms with van der Waals surface area (Å²) in [5.41, 5.74) is 6.50. The Balaban J connectivity index is 0.000000249. The summed E-state index contributed by atoms with van der Waals surface area (Å²) in [5.74, 6) is 1.78. The lowest BCUT2D eigenvalue weighted by Gasteiger charge is -1.99. The van der Waals surface area contributed by atoms with Gasteiger partial charge in [-0.25, -0.2) is 9.78 Å². The molecule has 0 aliphatic heterocycles. The molecule has 0 amide bonds. The molecule has 2 aromatic carbocycles. The van der Waals surface area contributed by atoms with Crippen molar-refractivity contribution in [1.29, 1.82) is 5.41 Å². The van der Waals surface area contributed by atoms with E-state index in [2.05, 4.69) is 21.1 Å². The summed E-state index contributed by atoms with van der Waals surface area (Å²) in [6, 6.07) is 15.4. The molecule has 3 rings (SSSR count). The van der Waals surface area contributed by atoms with E-state index in [1.165, 1.54) is 12.3 Å². The summed E-state index contributed by atoms with van der Waals surface area (Å²) in [7, 11) is 0.